The summed E-state index contributed by atoms with van der Waals surface area (Å²) < 4.78 is 0. The van der Waals surface area contributed by atoms with Gasteiger partial charge < -0.3 is 14.9 Å². The lowest BCUT2D eigenvalue weighted by molar-refractivity contribution is -0.147. The van der Waals surface area contributed by atoms with Gasteiger partial charge in [0.1, 0.15) is 5.25 Å². The first-order valence-corrected chi connectivity index (χ1v) is 10.3. The van der Waals surface area contributed by atoms with E-state index in [2.05, 4.69) is 0 Å². The van der Waals surface area contributed by atoms with E-state index in [1.165, 1.54) is 9.78 Å². The third kappa shape index (κ3) is 4.00. The minimum Gasteiger partial charge on any atom is -0.481 e. The van der Waals surface area contributed by atoms with Gasteiger partial charge in [-0.1, -0.05) is 0 Å². The van der Waals surface area contributed by atoms with Crippen molar-refractivity contribution in [3.63, 3.8) is 0 Å². The van der Waals surface area contributed by atoms with Crippen LogP contribution in [0, 0.1) is 5.92 Å². The van der Waals surface area contributed by atoms with Gasteiger partial charge in [-0.25, -0.2) is 0 Å². The van der Waals surface area contributed by atoms with Gasteiger partial charge in [-0.05, 0) is 42.0 Å². The van der Waals surface area contributed by atoms with Gasteiger partial charge >= 0.3 is 5.97 Å². The standard InChI is InChI=1S/C17H22N2O4S2/c1-18(10-14(20)19-6-2-3-11(9-19)17(22)23)16(21)15-12-4-7-24-13(12)5-8-25-15/h4,7,11,15H,2-3,5-6,8-10H2,1H3,(H,22,23). The number of piperidine rings is 1. The van der Waals surface area contributed by atoms with Gasteiger partial charge in [0.05, 0.1) is 12.5 Å². The monoisotopic (exact) mass is 382 g/mol. The van der Waals surface area contributed by atoms with Gasteiger partial charge in [0.15, 0.2) is 0 Å². The van der Waals surface area contributed by atoms with Crippen molar-refractivity contribution in [1.82, 2.24) is 9.80 Å². The number of likely N-dealkylation sites (N-methyl/N-ethyl adjacent to an activating group) is 1. The topological polar surface area (TPSA) is 77.9 Å². The highest BCUT2D eigenvalue weighted by Crippen LogP contribution is 2.40. The molecule has 1 aromatic rings. The minimum atomic E-state index is -0.856. The fourth-order valence-corrected chi connectivity index (χ4v) is 5.74. The number of rotatable bonds is 4. The third-order valence-electron chi connectivity index (χ3n) is 4.77. The van der Waals surface area contributed by atoms with E-state index in [-0.39, 0.29) is 30.2 Å². The average molecular weight is 383 g/mol. The Morgan fingerprint density at radius 1 is 1.40 bits per heavy atom. The number of aryl methyl sites for hydroxylation is 1. The molecule has 2 unspecified atom stereocenters. The van der Waals surface area contributed by atoms with Crippen molar-refractivity contribution < 1.29 is 19.5 Å². The largest absolute Gasteiger partial charge is 0.481 e. The zero-order valence-corrected chi connectivity index (χ0v) is 15.8. The summed E-state index contributed by atoms with van der Waals surface area (Å²) in [5.41, 5.74) is 1.08. The quantitative estimate of drug-likeness (QED) is 0.860. The lowest BCUT2D eigenvalue weighted by atomic mass is 9.98. The zero-order valence-electron chi connectivity index (χ0n) is 14.1. The van der Waals surface area contributed by atoms with Crippen LogP contribution in [0.4, 0.5) is 0 Å². The first-order valence-electron chi connectivity index (χ1n) is 8.40. The van der Waals surface area contributed by atoms with E-state index in [4.69, 9.17) is 5.11 Å². The molecule has 1 aromatic heterocycles. The number of carbonyl (C=O) groups is 3. The summed E-state index contributed by atoms with van der Waals surface area (Å²) in [7, 11) is 1.65. The Hall–Kier alpha value is -1.54. The van der Waals surface area contributed by atoms with E-state index >= 15 is 0 Å². The molecule has 2 aliphatic rings. The highest BCUT2D eigenvalue weighted by Gasteiger charge is 2.33. The Labute approximate surface area is 155 Å². The van der Waals surface area contributed by atoms with E-state index in [9.17, 15) is 14.4 Å². The van der Waals surface area contributed by atoms with Crippen molar-refractivity contribution in [2.24, 2.45) is 5.92 Å². The highest BCUT2D eigenvalue weighted by atomic mass is 32.2. The SMILES string of the molecule is CN(CC(=O)N1CCCC(C(=O)O)C1)C(=O)C1SCCc2sccc21. The van der Waals surface area contributed by atoms with Crippen molar-refractivity contribution in [2.75, 3.05) is 32.4 Å². The maximum absolute atomic E-state index is 12.8. The summed E-state index contributed by atoms with van der Waals surface area (Å²) in [6, 6.07) is 2.01. The lowest BCUT2D eigenvalue weighted by Crippen LogP contribution is -2.47. The summed E-state index contributed by atoms with van der Waals surface area (Å²) in [6.07, 6.45) is 2.29. The van der Waals surface area contributed by atoms with Crippen LogP contribution in [0.2, 0.25) is 0 Å². The van der Waals surface area contributed by atoms with Crippen LogP contribution in [-0.2, 0) is 20.8 Å². The molecule has 6 nitrogen and oxygen atoms in total. The number of carboxylic acid groups (broad SMARTS) is 1. The molecule has 2 amide bonds. The van der Waals surface area contributed by atoms with Gasteiger partial charge in [0.2, 0.25) is 11.8 Å². The van der Waals surface area contributed by atoms with Gasteiger partial charge in [-0.2, -0.15) is 0 Å². The molecule has 2 atom stereocenters. The molecule has 1 N–H and O–H groups in total. The number of nitrogens with zero attached hydrogens (tertiary/aromatic N) is 2. The van der Waals surface area contributed by atoms with Gasteiger partial charge in [-0.3, -0.25) is 14.4 Å². The molecule has 0 bridgehead atoms. The maximum atomic E-state index is 12.8. The summed E-state index contributed by atoms with van der Waals surface area (Å²) in [6.45, 7) is 0.808. The van der Waals surface area contributed by atoms with Gasteiger partial charge in [0.25, 0.3) is 0 Å². The van der Waals surface area contributed by atoms with E-state index < -0.39 is 11.9 Å². The minimum absolute atomic E-state index is 0.00169. The number of hydrogen-bond acceptors (Lipinski definition) is 5. The fraction of sp³-hybridized carbons (Fsp3) is 0.588. The van der Waals surface area contributed by atoms with Crippen LogP contribution in [0.15, 0.2) is 11.4 Å². The highest BCUT2D eigenvalue weighted by molar-refractivity contribution is 8.00. The molecule has 0 aliphatic carbocycles. The van der Waals surface area contributed by atoms with E-state index in [1.54, 1.807) is 35.0 Å². The second-order valence-electron chi connectivity index (χ2n) is 6.51. The first-order chi connectivity index (χ1) is 12.0. The third-order valence-corrected chi connectivity index (χ3v) is 7.00. The normalized spacial score (nSPS) is 23.0. The number of thioether (sulfide) groups is 1. The number of aliphatic carboxylic acids is 1. The fourth-order valence-electron chi connectivity index (χ4n) is 3.34. The number of hydrogen-bond donors (Lipinski definition) is 1. The Balaban J connectivity index is 1.60. The van der Waals surface area contributed by atoms with Crippen molar-refractivity contribution in [3.8, 4) is 0 Å². The van der Waals surface area contributed by atoms with Gasteiger partial charge in [-0.15, -0.1) is 23.1 Å². The molecule has 3 heterocycles. The molecule has 1 saturated heterocycles. The van der Waals surface area contributed by atoms with Crippen LogP contribution in [0.5, 0.6) is 0 Å². The molecule has 0 saturated carbocycles. The van der Waals surface area contributed by atoms with Crippen molar-refractivity contribution >= 4 is 40.9 Å². The molecule has 136 valence electrons. The number of carboxylic acids is 1. The van der Waals surface area contributed by atoms with Crippen molar-refractivity contribution in [3.05, 3.63) is 21.9 Å². The molecule has 0 spiro atoms. The van der Waals surface area contributed by atoms with Crippen LogP contribution in [0.25, 0.3) is 0 Å². The van der Waals surface area contributed by atoms with Crippen LogP contribution < -0.4 is 0 Å². The molecular weight excluding hydrogens is 360 g/mol. The second-order valence-corrected chi connectivity index (χ2v) is 8.73. The summed E-state index contributed by atoms with van der Waals surface area (Å²) in [5, 5.41) is 10.9. The Bertz CT molecular complexity index is 675. The Morgan fingerprint density at radius 3 is 2.96 bits per heavy atom. The lowest BCUT2D eigenvalue weighted by Gasteiger charge is -2.33. The smallest absolute Gasteiger partial charge is 0.308 e. The molecule has 0 radical (unpaired) electrons. The van der Waals surface area contributed by atoms with Crippen LogP contribution in [0.3, 0.4) is 0 Å². The molecule has 25 heavy (non-hydrogen) atoms. The number of amides is 2. The van der Waals surface area contributed by atoms with Crippen LogP contribution in [0.1, 0.15) is 28.5 Å². The van der Waals surface area contributed by atoms with Crippen LogP contribution in [-0.4, -0.2) is 65.1 Å². The van der Waals surface area contributed by atoms with E-state index in [0.29, 0.717) is 19.4 Å². The van der Waals surface area contributed by atoms with Crippen LogP contribution >= 0.6 is 23.1 Å². The summed E-state index contributed by atoms with van der Waals surface area (Å²) in [4.78, 5) is 40.8. The first kappa shape index (κ1) is 18.3. The Morgan fingerprint density at radius 2 is 2.20 bits per heavy atom. The predicted molar refractivity (Wildman–Crippen MR) is 97.8 cm³/mol. The van der Waals surface area contributed by atoms with E-state index in [0.717, 1.165) is 17.7 Å². The number of thiophene rings is 1. The maximum Gasteiger partial charge on any atom is 0.308 e. The second kappa shape index (κ2) is 7.78. The summed E-state index contributed by atoms with van der Waals surface area (Å²) in [5.74, 6) is -0.665. The molecule has 2 aliphatic heterocycles. The van der Waals surface area contributed by atoms with E-state index in [1.807, 2.05) is 11.4 Å². The molecule has 3 rings (SSSR count). The average Bonchev–Trinajstić information content (AvgIpc) is 3.09. The summed E-state index contributed by atoms with van der Waals surface area (Å²) >= 11 is 3.31. The molecular formula is C17H22N2O4S2. The Kier molecular flexibility index (Phi) is 5.68. The van der Waals surface area contributed by atoms with Crippen molar-refractivity contribution in [2.45, 2.75) is 24.5 Å². The molecule has 8 heteroatoms. The number of fused-ring (bicyclic) bond motifs is 1. The number of likely N-dealkylation sites (tertiary alicyclic amines) is 1. The molecule has 1 fully saturated rings. The zero-order chi connectivity index (χ0) is 18.0. The van der Waals surface area contributed by atoms with Gasteiger partial charge in [0, 0.05) is 25.0 Å². The predicted octanol–water partition coefficient (Wildman–Crippen LogP) is 1.86. The molecule has 0 aromatic carbocycles. The van der Waals surface area contributed by atoms with Crippen molar-refractivity contribution in [1.29, 1.82) is 0 Å². The number of carbonyl (C=O) groups excluding carboxylic acids is 2.